The predicted octanol–water partition coefficient (Wildman–Crippen LogP) is 4.16. The molecule has 1 aliphatic heterocycles. The van der Waals surface area contributed by atoms with Crippen LogP contribution in [0.2, 0.25) is 0 Å². The number of aryl methyl sites for hydroxylation is 2. The van der Waals surface area contributed by atoms with Crippen molar-refractivity contribution in [3.63, 3.8) is 0 Å². The van der Waals surface area contributed by atoms with Crippen LogP contribution in [0, 0.1) is 12.8 Å². The number of halogens is 2. The van der Waals surface area contributed by atoms with Crippen molar-refractivity contribution < 1.29 is 4.79 Å². The minimum absolute atomic E-state index is 0. The first-order chi connectivity index (χ1) is 10.5. The fourth-order valence-corrected chi connectivity index (χ4v) is 4.17. The molecule has 140 valence electrons. The molecular formula is C17H31Cl2N3OS. The third-order valence-corrected chi connectivity index (χ3v) is 6.23. The normalized spacial score (nSPS) is 16.0. The minimum atomic E-state index is 0. The van der Waals surface area contributed by atoms with Crippen molar-refractivity contribution in [1.29, 1.82) is 0 Å². The maximum Gasteiger partial charge on any atom is 0.222 e. The van der Waals surface area contributed by atoms with Crippen molar-refractivity contribution >= 4 is 42.1 Å². The third kappa shape index (κ3) is 6.17. The maximum atomic E-state index is 12.5. The van der Waals surface area contributed by atoms with E-state index >= 15 is 0 Å². The average Bonchev–Trinajstić information content (AvgIpc) is 2.93. The van der Waals surface area contributed by atoms with E-state index < -0.39 is 0 Å². The van der Waals surface area contributed by atoms with Crippen LogP contribution in [0.3, 0.4) is 0 Å². The molecule has 1 N–H and O–H groups in total. The van der Waals surface area contributed by atoms with E-state index in [2.05, 4.69) is 31.1 Å². The Morgan fingerprint density at radius 1 is 1.38 bits per heavy atom. The number of hydrogen-bond acceptors (Lipinski definition) is 4. The second kappa shape index (κ2) is 11.3. The Morgan fingerprint density at radius 2 is 2.00 bits per heavy atom. The summed E-state index contributed by atoms with van der Waals surface area (Å²) in [6.45, 7) is 8.49. The predicted molar refractivity (Wildman–Crippen MR) is 107 cm³/mol. The highest BCUT2D eigenvalue weighted by molar-refractivity contribution is 7.11. The number of amides is 1. The molecule has 1 atom stereocenters. The summed E-state index contributed by atoms with van der Waals surface area (Å²) in [4.78, 5) is 20.2. The molecule has 1 aromatic rings. The van der Waals surface area contributed by atoms with Crippen molar-refractivity contribution in [2.24, 2.45) is 5.92 Å². The second-order valence-electron chi connectivity index (χ2n) is 6.32. The van der Waals surface area contributed by atoms with Gasteiger partial charge in [0.2, 0.25) is 5.91 Å². The van der Waals surface area contributed by atoms with Crippen LogP contribution in [0.5, 0.6) is 0 Å². The van der Waals surface area contributed by atoms with E-state index in [9.17, 15) is 4.79 Å². The number of hydrogen-bond donors (Lipinski definition) is 1. The van der Waals surface area contributed by atoms with Crippen LogP contribution in [-0.4, -0.2) is 35.9 Å². The molecule has 2 heterocycles. The maximum absolute atomic E-state index is 12.5. The Kier molecular flexibility index (Phi) is 11.1. The van der Waals surface area contributed by atoms with Crippen LogP contribution in [0.15, 0.2) is 0 Å². The summed E-state index contributed by atoms with van der Waals surface area (Å²) >= 11 is 1.75. The van der Waals surface area contributed by atoms with Gasteiger partial charge in [0, 0.05) is 18.3 Å². The van der Waals surface area contributed by atoms with Crippen LogP contribution >= 0.6 is 36.2 Å². The first kappa shape index (κ1) is 23.6. The zero-order chi connectivity index (χ0) is 16.1. The Labute approximate surface area is 162 Å². The Hall–Kier alpha value is -0.360. The molecule has 1 saturated heterocycles. The van der Waals surface area contributed by atoms with E-state index in [0.29, 0.717) is 12.3 Å². The second-order valence-corrected chi connectivity index (χ2v) is 7.44. The lowest BCUT2D eigenvalue weighted by molar-refractivity contribution is -0.132. The highest BCUT2D eigenvalue weighted by Crippen LogP contribution is 2.29. The van der Waals surface area contributed by atoms with Gasteiger partial charge in [0.15, 0.2) is 0 Å². The monoisotopic (exact) mass is 395 g/mol. The van der Waals surface area contributed by atoms with Crippen molar-refractivity contribution in [2.45, 2.75) is 58.9 Å². The molecule has 0 radical (unpaired) electrons. The first-order valence-electron chi connectivity index (χ1n) is 8.45. The number of aromatic nitrogens is 1. The average molecular weight is 396 g/mol. The number of nitrogens with zero attached hydrogens (tertiary/aromatic N) is 2. The van der Waals surface area contributed by atoms with E-state index in [1.807, 2.05) is 11.9 Å². The quantitative estimate of drug-likeness (QED) is 0.786. The molecule has 0 aromatic carbocycles. The molecule has 1 fully saturated rings. The smallest absolute Gasteiger partial charge is 0.222 e. The number of nitrogens with one attached hydrogen (secondary N) is 1. The summed E-state index contributed by atoms with van der Waals surface area (Å²) in [5, 5.41) is 4.54. The van der Waals surface area contributed by atoms with Gasteiger partial charge >= 0.3 is 0 Å². The van der Waals surface area contributed by atoms with Gasteiger partial charge in [-0.15, -0.1) is 36.2 Å². The lowest BCUT2D eigenvalue weighted by Gasteiger charge is -2.26. The van der Waals surface area contributed by atoms with Crippen molar-refractivity contribution in [1.82, 2.24) is 15.2 Å². The van der Waals surface area contributed by atoms with Crippen LogP contribution in [-0.2, 0) is 11.2 Å². The minimum Gasteiger partial charge on any atom is -0.338 e. The van der Waals surface area contributed by atoms with Crippen LogP contribution < -0.4 is 5.32 Å². The Balaban J connectivity index is 0.00000264. The number of carbonyl (C=O) groups excluding carboxylic acids is 1. The summed E-state index contributed by atoms with van der Waals surface area (Å²) in [5.74, 6) is 0.975. The molecule has 1 aliphatic rings. The molecule has 0 spiro atoms. The number of thiazole rings is 1. The van der Waals surface area contributed by atoms with Crippen LogP contribution in [0.4, 0.5) is 0 Å². The molecule has 7 heteroatoms. The van der Waals surface area contributed by atoms with Gasteiger partial charge in [-0.2, -0.15) is 0 Å². The molecule has 1 amide bonds. The Bertz CT molecular complexity index is 504. The zero-order valence-electron chi connectivity index (χ0n) is 15.1. The first-order valence-corrected chi connectivity index (χ1v) is 9.27. The summed E-state index contributed by atoms with van der Waals surface area (Å²) < 4.78 is 0. The molecule has 0 saturated carbocycles. The number of carbonyl (C=O) groups is 1. The fourth-order valence-electron chi connectivity index (χ4n) is 3.07. The fraction of sp³-hybridized carbons (Fsp3) is 0.765. The van der Waals surface area contributed by atoms with E-state index in [1.54, 1.807) is 11.3 Å². The molecule has 4 nitrogen and oxygen atoms in total. The molecule has 1 unspecified atom stereocenters. The molecule has 0 aliphatic carbocycles. The molecule has 24 heavy (non-hydrogen) atoms. The van der Waals surface area contributed by atoms with E-state index in [1.165, 1.54) is 17.7 Å². The van der Waals surface area contributed by atoms with Crippen LogP contribution in [0.1, 0.15) is 61.2 Å². The summed E-state index contributed by atoms with van der Waals surface area (Å²) in [5.41, 5.74) is 1.08. The van der Waals surface area contributed by atoms with Crippen molar-refractivity contribution in [3.8, 4) is 0 Å². The molecular weight excluding hydrogens is 365 g/mol. The topological polar surface area (TPSA) is 45.2 Å². The zero-order valence-corrected chi connectivity index (χ0v) is 17.6. The third-order valence-electron chi connectivity index (χ3n) is 4.76. The summed E-state index contributed by atoms with van der Waals surface area (Å²) in [6.07, 6.45) is 5.08. The van der Waals surface area contributed by atoms with Crippen molar-refractivity contribution in [2.75, 3.05) is 20.1 Å². The number of rotatable bonds is 6. The largest absolute Gasteiger partial charge is 0.338 e. The van der Waals surface area contributed by atoms with E-state index in [0.717, 1.165) is 36.6 Å². The summed E-state index contributed by atoms with van der Waals surface area (Å²) in [6, 6.07) is 0.123. The highest BCUT2D eigenvalue weighted by atomic mass is 35.5. The highest BCUT2D eigenvalue weighted by Gasteiger charge is 2.23. The van der Waals surface area contributed by atoms with Gasteiger partial charge in [-0.25, -0.2) is 4.98 Å². The van der Waals surface area contributed by atoms with Crippen molar-refractivity contribution in [3.05, 3.63) is 15.6 Å². The van der Waals surface area contributed by atoms with E-state index in [4.69, 9.17) is 0 Å². The molecule has 1 aromatic heterocycles. The summed E-state index contributed by atoms with van der Waals surface area (Å²) in [7, 11) is 1.93. The Morgan fingerprint density at radius 3 is 2.54 bits per heavy atom. The SMILES string of the molecule is CCc1nc(C)c(C(C)N(C)C(=O)CCC2CCNCC2)s1.Cl.Cl. The lowest BCUT2D eigenvalue weighted by Crippen LogP contribution is -2.31. The van der Waals surface area contributed by atoms with Gasteiger partial charge in [-0.3, -0.25) is 4.79 Å². The van der Waals surface area contributed by atoms with Gasteiger partial charge in [-0.1, -0.05) is 6.92 Å². The standard InChI is InChI=1S/C17H29N3OS.2ClH/c1-5-15-19-12(2)17(22-15)13(3)20(4)16(21)7-6-14-8-10-18-11-9-14;;/h13-14,18H,5-11H2,1-4H3;2*1H. The lowest BCUT2D eigenvalue weighted by atomic mass is 9.93. The van der Waals surface area contributed by atoms with Gasteiger partial charge in [-0.05, 0) is 58.5 Å². The van der Waals surface area contributed by atoms with Gasteiger partial charge in [0.05, 0.1) is 16.7 Å². The number of piperidine rings is 1. The van der Waals surface area contributed by atoms with Gasteiger partial charge < -0.3 is 10.2 Å². The molecule has 0 bridgehead atoms. The molecule has 2 rings (SSSR count). The van der Waals surface area contributed by atoms with Crippen LogP contribution in [0.25, 0.3) is 0 Å². The van der Waals surface area contributed by atoms with Gasteiger partial charge in [0.25, 0.3) is 0 Å². The van der Waals surface area contributed by atoms with Gasteiger partial charge in [0.1, 0.15) is 0 Å². The van der Waals surface area contributed by atoms with E-state index in [-0.39, 0.29) is 36.8 Å².